The van der Waals surface area contributed by atoms with Crippen molar-refractivity contribution >= 4 is 5.97 Å². The van der Waals surface area contributed by atoms with Crippen molar-refractivity contribution in [2.24, 2.45) is 23.2 Å². The van der Waals surface area contributed by atoms with Crippen LogP contribution >= 0.6 is 0 Å². The predicted molar refractivity (Wildman–Crippen MR) is 89.7 cm³/mol. The number of ether oxygens (including phenoxy) is 3. The van der Waals surface area contributed by atoms with E-state index in [1.807, 2.05) is 34.6 Å². The molecule has 4 nitrogen and oxygen atoms in total. The van der Waals surface area contributed by atoms with Gasteiger partial charge in [-0.15, -0.1) is 0 Å². The molecule has 0 bridgehead atoms. The minimum Gasteiger partial charge on any atom is -0.435 e. The van der Waals surface area contributed by atoms with Crippen LogP contribution in [0.5, 0.6) is 0 Å². The molecule has 134 valence electrons. The minimum atomic E-state index is -0.534. The maximum absolute atomic E-state index is 12.3. The van der Waals surface area contributed by atoms with E-state index in [4.69, 9.17) is 14.2 Å². The number of fused-ring (bicyclic) bond motifs is 1. The SMILES string of the molecule is CCC(C)(C)C(=O)OC(OC1CC2CCCC(C)C2O1)C(C)C. The van der Waals surface area contributed by atoms with Crippen LogP contribution in [0.2, 0.25) is 0 Å². The van der Waals surface area contributed by atoms with Crippen molar-refractivity contribution < 1.29 is 19.0 Å². The first-order valence-electron chi connectivity index (χ1n) is 9.26. The first-order valence-corrected chi connectivity index (χ1v) is 9.26. The molecular formula is C19H34O4. The Morgan fingerprint density at radius 3 is 2.57 bits per heavy atom. The van der Waals surface area contributed by atoms with Crippen molar-refractivity contribution in [1.29, 1.82) is 0 Å². The smallest absolute Gasteiger partial charge is 0.313 e. The van der Waals surface area contributed by atoms with Gasteiger partial charge < -0.3 is 14.2 Å². The maximum atomic E-state index is 12.3. The highest BCUT2D eigenvalue weighted by Gasteiger charge is 2.42. The Hall–Kier alpha value is -0.610. The van der Waals surface area contributed by atoms with Crippen molar-refractivity contribution in [1.82, 2.24) is 0 Å². The van der Waals surface area contributed by atoms with Gasteiger partial charge in [-0.3, -0.25) is 4.79 Å². The van der Waals surface area contributed by atoms with E-state index in [1.165, 1.54) is 19.3 Å². The van der Waals surface area contributed by atoms with E-state index in [0.717, 1.165) is 12.8 Å². The molecule has 1 heterocycles. The Balaban J connectivity index is 1.94. The van der Waals surface area contributed by atoms with Crippen LogP contribution in [0.15, 0.2) is 0 Å². The van der Waals surface area contributed by atoms with E-state index in [0.29, 0.717) is 17.9 Å². The zero-order valence-electron chi connectivity index (χ0n) is 15.6. The molecule has 2 fully saturated rings. The van der Waals surface area contributed by atoms with Crippen LogP contribution < -0.4 is 0 Å². The molecule has 1 aliphatic heterocycles. The van der Waals surface area contributed by atoms with Gasteiger partial charge in [-0.2, -0.15) is 0 Å². The number of hydrogen-bond donors (Lipinski definition) is 0. The second kappa shape index (κ2) is 7.52. The lowest BCUT2D eigenvalue weighted by Gasteiger charge is -2.30. The van der Waals surface area contributed by atoms with Gasteiger partial charge in [-0.1, -0.05) is 34.1 Å². The zero-order valence-corrected chi connectivity index (χ0v) is 15.6. The van der Waals surface area contributed by atoms with Crippen molar-refractivity contribution in [3.63, 3.8) is 0 Å². The summed E-state index contributed by atoms with van der Waals surface area (Å²) in [5.41, 5.74) is -0.477. The Labute approximate surface area is 141 Å². The molecule has 1 saturated heterocycles. The van der Waals surface area contributed by atoms with Crippen molar-refractivity contribution in [3.8, 4) is 0 Å². The van der Waals surface area contributed by atoms with Gasteiger partial charge in [-0.25, -0.2) is 0 Å². The molecule has 0 amide bonds. The van der Waals surface area contributed by atoms with Crippen LogP contribution in [0.1, 0.15) is 73.6 Å². The first kappa shape index (κ1) is 18.7. The van der Waals surface area contributed by atoms with Crippen molar-refractivity contribution in [3.05, 3.63) is 0 Å². The van der Waals surface area contributed by atoms with Gasteiger partial charge in [0, 0.05) is 12.3 Å². The third kappa shape index (κ3) is 4.48. The zero-order chi connectivity index (χ0) is 17.2. The molecule has 5 atom stereocenters. The molecule has 0 spiro atoms. The fraction of sp³-hybridized carbons (Fsp3) is 0.947. The fourth-order valence-corrected chi connectivity index (χ4v) is 3.44. The number of rotatable bonds is 6. The minimum absolute atomic E-state index is 0.107. The largest absolute Gasteiger partial charge is 0.435 e. The summed E-state index contributed by atoms with van der Waals surface area (Å²) in [5, 5.41) is 0. The summed E-state index contributed by atoms with van der Waals surface area (Å²) in [6, 6.07) is 0. The molecule has 1 saturated carbocycles. The molecule has 0 aromatic heterocycles. The molecule has 1 aliphatic carbocycles. The third-order valence-electron chi connectivity index (χ3n) is 5.55. The Morgan fingerprint density at radius 1 is 1.30 bits per heavy atom. The van der Waals surface area contributed by atoms with Crippen molar-refractivity contribution in [2.45, 2.75) is 92.3 Å². The van der Waals surface area contributed by atoms with Gasteiger partial charge in [0.15, 0.2) is 6.29 Å². The standard InChI is InChI=1S/C19H34O4/c1-7-19(5,6)18(20)23-17(12(2)3)22-15-11-14-10-8-9-13(4)16(14)21-15/h12-17H,7-11H2,1-6H3. The van der Waals surface area contributed by atoms with Crippen LogP contribution in [0, 0.1) is 23.2 Å². The van der Waals surface area contributed by atoms with Gasteiger partial charge >= 0.3 is 5.97 Å². The summed E-state index contributed by atoms with van der Waals surface area (Å²) in [4.78, 5) is 12.3. The lowest BCUT2D eigenvalue weighted by Crippen LogP contribution is -2.36. The summed E-state index contributed by atoms with van der Waals surface area (Å²) in [7, 11) is 0. The summed E-state index contributed by atoms with van der Waals surface area (Å²) in [6.07, 6.45) is 4.95. The fourth-order valence-electron chi connectivity index (χ4n) is 3.44. The topological polar surface area (TPSA) is 44.8 Å². The van der Waals surface area contributed by atoms with E-state index < -0.39 is 11.7 Å². The second-order valence-electron chi connectivity index (χ2n) is 8.33. The number of carbonyl (C=O) groups excluding carboxylic acids is 1. The molecule has 0 aromatic carbocycles. The Morgan fingerprint density at radius 2 is 2.00 bits per heavy atom. The molecule has 4 heteroatoms. The number of esters is 1. The van der Waals surface area contributed by atoms with Crippen LogP contribution in [-0.2, 0) is 19.0 Å². The maximum Gasteiger partial charge on any atom is 0.313 e. The van der Waals surface area contributed by atoms with E-state index in [9.17, 15) is 4.79 Å². The molecule has 2 rings (SSSR count). The highest BCUT2D eigenvalue weighted by Crippen LogP contribution is 2.41. The molecule has 2 aliphatic rings. The molecular weight excluding hydrogens is 292 g/mol. The van der Waals surface area contributed by atoms with Crippen LogP contribution in [0.25, 0.3) is 0 Å². The predicted octanol–water partition coefficient (Wildman–Crippen LogP) is 4.52. The average Bonchev–Trinajstić information content (AvgIpc) is 2.90. The molecule has 0 radical (unpaired) electrons. The van der Waals surface area contributed by atoms with E-state index in [1.54, 1.807) is 0 Å². The third-order valence-corrected chi connectivity index (χ3v) is 5.55. The van der Waals surface area contributed by atoms with E-state index in [2.05, 4.69) is 6.92 Å². The van der Waals surface area contributed by atoms with E-state index in [-0.39, 0.29) is 18.2 Å². The normalized spacial score (nSPS) is 32.7. The first-order chi connectivity index (χ1) is 10.7. The summed E-state index contributed by atoms with van der Waals surface area (Å²) in [6.45, 7) is 12.1. The molecule has 23 heavy (non-hydrogen) atoms. The number of hydrogen-bond acceptors (Lipinski definition) is 4. The second-order valence-corrected chi connectivity index (χ2v) is 8.33. The highest BCUT2D eigenvalue weighted by molar-refractivity contribution is 5.75. The van der Waals surface area contributed by atoms with Crippen LogP contribution in [-0.4, -0.2) is 24.7 Å². The van der Waals surface area contributed by atoms with Crippen LogP contribution in [0.3, 0.4) is 0 Å². The van der Waals surface area contributed by atoms with Gasteiger partial charge in [0.25, 0.3) is 0 Å². The monoisotopic (exact) mass is 326 g/mol. The number of carbonyl (C=O) groups is 1. The van der Waals surface area contributed by atoms with Gasteiger partial charge in [0.05, 0.1) is 11.5 Å². The summed E-state index contributed by atoms with van der Waals surface area (Å²) < 4.78 is 17.9. The molecule has 5 unspecified atom stereocenters. The average molecular weight is 326 g/mol. The lowest BCUT2D eigenvalue weighted by atomic mass is 9.80. The highest BCUT2D eigenvalue weighted by atomic mass is 16.8. The van der Waals surface area contributed by atoms with Crippen LogP contribution in [0.4, 0.5) is 0 Å². The quantitative estimate of drug-likeness (QED) is 0.532. The van der Waals surface area contributed by atoms with Gasteiger partial charge in [-0.05, 0) is 44.9 Å². The van der Waals surface area contributed by atoms with Gasteiger partial charge in [0.2, 0.25) is 6.29 Å². The Bertz CT molecular complexity index is 404. The Kier molecular flexibility index (Phi) is 6.12. The lowest BCUT2D eigenvalue weighted by molar-refractivity contribution is -0.254. The molecule has 0 aromatic rings. The van der Waals surface area contributed by atoms with E-state index >= 15 is 0 Å². The summed E-state index contributed by atoms with van der Waals surface area (Å²) >= 11 is 0. The van der Waals surface area contributed by atoms with Crippen molar-refractivity contribution in [2.75, 3.05) is 0 Å². The molecule has 0 N–H and O–H groups in total. The van der Waals surface area contributed by atoms with Gasteiger partial charge in [0.1, 0.15) is 0 Å². The summed E-state index contributed by atoms with van der Waals surface area (Å²) in [5.74, 6) is 1.11.